The fourth-order valence-corrected chi connectivity index (χ4v) is 3.17. The molecule has 0 bridgehead atoms. The van der Waals surface area contributed by atoms with Gasteiger partial charge in [-0.3, -0.25) is 0 Å². The lowest BCUT2D eigenvalue weighted by atomic mass is 10.1. The molecule has 7 heteroatoms. The fourth-order valence-electron chi connectivity index (χ4n) is 3.17. The van der Waals surface area contributed by atoms with E-state index in [0.717, 1.165) is 48.1 Å². The van der Waals surface area contributed by atoms with E-state index in [4.69, 9.17) is 0 Å². The first-order valence-electron chi connectivity index (χ1n) is 7.90. The number of hydrogen-bond acceptors (Lipinski definition) is 5. The predicted octanol–water partition coefficient (Wildman–Crippen LogP) is 2.01. The number of nitrogens with zero attached hydrogens (tertiary/aromatic N) is 7. The highest BCUT2D eigenvalue weighted by Crippen LogP contribution is 2.28. The Labute approximate surface area is 138 Å². The van der Waals surface area contributed by atoms with Crippen LogP contribution in [0.15, 0.2) is 55.1 Å². The van der Waals surface area contributed by atoms with E-state index in [1.807, 2.05) is 30.6 Å². The maximum atomic E-state index is 4.64. The number of anilines is 1. The Bertz CT molecular complexity index is 1000. The van der Waals surface area contributed by atoms with Gasteiger partial charge in [-0.2, -0.15) is 9.61 Å². The van der Waals surface area contributed by atoms with Crippen molar-refractivity contribution < 1.29 is 0 Å². The Morgan fingerprint density at radius 2 is 1.96 bits per heavy atom. The first-order valence-corrected chi connectivity index (χ1v) is 7.90. The molecule has 118 valence electrons. The minimum atomic E-state index is 0.758. The van der Waals surface area contributed by atoms with Crippen molar-refractivity contribution in [2.75, 3.05) is 11.4 Å². The molecular formula is C17H15N7. The van der Waals surface area contributed by atoms with E-state index in [2.05, 4.69) is 47.9 Å². The summed E-state index contributed by atoms with van der Waals surface area (Å²) >= 11 is 0. The van der Waals surface area contributed by atoms with Gasteiger partial charge in [0.15, 0.2) is 0 Å². The van der Waals surface area contributed by atoms with Gasteiger partial charge in [0.05, 0.1) is 17.9 Å². The van der Waals surface area contributed by atoms with Gasteiger partial charge >= 0.3 is 0 Å². The van der Waals surface area contributed by atoms with Crippen LogP contribution >= 0.6 is 0 Å². The van der Waals surface area contributed by atoms with Crippen LogP contribution in [0.25, 0.3) is 16.9 Å². The van der Waals surface area contributed by atoms with Gasteiger partial charge in [-0.05, 0) is 6.07 Å². The summed E-state index contributed by atoms with van der Waals surface area (Å²) in [6.45, 7) is 2.58. The molecule has 0 aliphatic carbocycles. The van der Waals surface area contributed by atoms with Gasteiger partial charge in [-0.15, -0.1) is 10.2 Å². The maximum absolute atomic E-state index is 4.64. The van der Waals surface area contributed by atoms with Gasteiger partial charge in [0, 0.05) is 31.0 Å². The Morgan fingerprint density at radius 3 is 2.88 bits per heavy atom. The van der Waals surface area contributed by atoms with Crippen molar-refractivity contribution in [1.82, 2.24) is 29.4 Å². The molecular weight excluding hydrogens is 302 g/mol. The number of aromatic nitrogens is 6. The fraction of sp³-hybridized carbons (Fsp3) is 0.176. The molecule has 0 fully saturated rings. The standard InChI is InChI=1S/C17H15N7/c1-2-4-13(5-3-1)14-10-15(17-20-19-12-24(17)21-14)23-9-8-22-7-6-18-16(22)11-23/h1-7,10,12H,8-9,11H2. The summed E-state index contributed by atoms with van der Waals surface area (Å²) < 4.78 is 3.94. The molecule has 7 nitrogen and oxygen atoms in total. The number of benzene rings is 1. The molecule has 1 aromatic carbocycles. The SMILES string of the molecule is c1ccc(-c2cc(N3CCn4ccnc4C3)c3nncn3n2)cc1. The van der Waals surface area contributed by atoms with Crippen LogP contribution in [-0.4, -0.2) is 35.9 Å². The Balaban J connectivity index is 1.64. The summed E-state index contributed by atoms with van der Waals surface area (Å²) in [7, 11) is 0. The average molecular weight is 317 g/mol. The molecule has 3 aromatic heterocycles. The third-order valence-electron chi connectivity index (χ3n) is 4.40. The van der Waals surface area contributed by atoms with Crippen molar-refractivity contribution in [2.24, 2.45) is 0 Å². The quantitative estimate of drug-likeness (QED) is 0.566. The first-order chi connectivity index (χ1) is 11.9. The van der Waals surface area contributed by atoms with Crippen molar-refractivity contribution in [3.05, 3.63) is 60.9 Å². The molecule has 24 heavy (non-hydrogen) atoms. The summed E-state index contributed by atoms with van der Waals surface area (Å²) in [5.74, 6) is 1.07. The topological polar surface area (TPSA) is 64.1 Å². The third-order valence-corrected chi connectivity index (χ3v) is 4.40. The summed E-state index contributed by atoms with van der Waals surface area (Å²) in [6.07, 6.45) is 5.53. The van der Waals surface area contributed by atoms with Crippen molar-refractivity contribution >= 4 is 11.3 Å². The largest absolute Gasteiger partial charge is 0.359 e. The number of rotatable bonds is 2. The smallest absolute Gasteiger partial charge is 0.200 e. The molecule has 0 saturated carbocycles. The minimum absolute atomic E-state index is 0.758. The zero-order valence-corrected chi connectivity index (χ0v) is 12.9. The van der Waals surface area contributed by atoms with Gasteiger partial charge in [0.25, 0.3) is 0 Å². The van der Waals surface area contributed by atoms with Gasteiger partial charge in [-0.25, -0.2) is 4.98 Å². The van der Waals surface area contributed by atoms with Crippen molar-refractivity contribution in [2.45, 2.75) is 13.1 Å². The number of fused-ring (bicyclic) bond motifs is 2. The average Bonchev–Trinajstić information content (AvgIpc) is 3.29. The molecule has 0 radical (unpaired) electrons. The summed E-state index contributed by atoms with van der Waals surface area (Å²) in [6, 6.07) is 12.3. The molecule has 0 unspecified atom stereocenters. The minimum Gasteiger partial charge on any atom is -0.359 e. The summed E-state index contributed by atoms with van der Waals surface area (Å²) in [5.41, 5.74) is 3.80. The van der Waals surface area contributed by atoms with Crippen LogP contribution in [0.2, 0.25) is 0 Å². The third kappa shape index (κ3) is 2.05. The van der Waals surface area contributed by atoms with Gasteiger partial charge in [0.1, 0.15) is 12.2 Å². The van der Waals surface area contributed by atoms with Crippen LogP contribution in [0.5, 0.6) is 0 Å². The molecule has 0 saturated heterocycles. The molecule has 4 heterocycles. The van der Waals surface area contributed by atoms with Crippen LogP contribution < -0.4 is 4.90 Å². The molecule has 0 amide bonds. The Hall–Kier alpha value is -3.22. The second kappa shape index (κ2) is 5.16. The second-order valence-electron chi connectivity index (χ2n) is 5.84. The molecule has 4 aromatic rings. The van der Waals surface area contributed by atoms with E-state index in [0.29, 0.717) is 0 Å². The highest BCUT2D eigenvalue weighted by molar-refractivity contribution is 5.74. The second-order valence-corrected chi connectivity index (χ2v) is 5.84. The van der Waals surface area contributed by atoms with Crippen molar-refractivity contribution in [3.8, 4) is 11.3 Å². The first kappa shape index (κ1) is 13.2. The van der Waals surface area contributed by atoms with Crippen LogP contribution in [0.1, 0.15) is 5.82 Å². The maximum Gasteiger partial charge on any atom is 0.200 e. The van der Waals surface area contributed by atoms with E-state index in [1.165, 1.54) is 0 Å². The molecule has 5 rings (SSSR count). The Morgan fingerprint density at radius 1 is 1.04 bits per heavy atom. The lowest BCUT2D eigenvalue weighted by Crippen LogP contribution is -2.34. The van der Waals surface area contributed by atoms with E-state index >= 15 is 0 Å². The van der Waals surface area contributed by atoms with E-state index in [1.54, 1.807) is 10.8 Å². The van der Waals surface area contributed by atoms with Crippen LogP contribution in [0.4, 0.5) is 5.69 Å². The summed E-state index contributed by atoms with van der Waals surface area (Å²) in [4.78, 5) is 6.74. The number of imidazole rings is 1. The molecule has 1 aliphatic rings. The molecule has 0 atom stereocenters. The zero-order valence-electron chi connectivity index (χ0n) is 12.9. The number of hydrogen-bond donors (Lipinski definition) is 0. The highest BCUT2D eigenvalue weighted by atomic mass is 15.4. The monoisotopic (exact) mass is 317 g/mol. The van der Waals surface area contributed by atoms with Gasteiger partial charge in [0.2, 0.25) is 5.65 Å². The lowest BCUT2D eigenvalue weighted by Gasteiger charge is -2.29. The van der Waals surface area contributed by atoms with Crippen molar-refractivity contribution in [3.63, 3.8) is 0 Å². The zero-order chi connectivity index (χ0) is 15.9. The predicted molar refractivity (Wildman–Crippen MR) is 89.5 cm³/mol. The van der Waals surface area contributed by atoms with Crippen molar-refractivity contribution in [1.29, 1.82) is 0 Å². The van der Waals surface area contributed by atoms with Gasteiger partial charge < -0.3 is 9.47 Å². The molecule has 0 N–H and O–H groups in total. The normalized spacial score (nSPS) is 14.1. The van der Waals surface area contributed by atoms with E-state index in [-0.39, 0.29) is 0 Å². The van der Waals surface area contributed by atoms with E-state index < -0.39 is 0 Å². The molecule has 1 aliphatic heterocycles. The highest BCUT2D eigenvalue weighted by Gasteiger charge is 2.21. The van der Waals surface area contributed by atoms with Crippen LogP contribution in [-0.2, 0) is 13.1 Å². The van der Waals surface area contributed by atoms with Crippen LogP contribution in [0, 0.1) is 0 Å². The van der Waals surface area contributed by atoms with E-state index in [9.17, 15) is 0 Å². The summed E-state index contributed by atoms with van der Waals surface area (Å²) in [5, 5.41) is 12.9. The Kier molecular flexibility index (Phi) is 2.84. The van der Waals surface area contributed by atoms with Gasteiger partial charge in [-0.1, -0.05) is 30.3 Å². The van der Waals surface area contributed by atoms with Crippen LogP contribution in [0.3, 0.4) is 0 Å². The molecule has 0 spiro atoms. The lowest BCUT2D eigenvalue weighted by molar-refractivity contribution is 0.560.